The molecule has 1 aliphatic heterocycles. The Balaban J connectivity index is 2.11. The zero-order valence-electron chi connectivity index (χ0n) is 6.99. The number of anilines is 1. The van der Waals surface area contributed by atoms with Crippen molar-refractivity contribution in [1.82, 2.24) is 4.37 Å². The lowest BCUT2D eigenvalue weighted by molar-refractivity contribution is 0.949. The van der Waals surface area contributed by atoms with Crippen LogP contribution >= 0.6 is 11.5 Å². The van der Waals surface area contributed by atoms with E-state index in [0.29, 0.717) is 6.54 Å². The van der Waals surface area contributed by atoms with E-state index in [4.69, 9.17) is 5.73 Å². The first-order chi connectivity index (χ1) is 5.90. The molecular weight excluding hydrogens is 170 g/mol. The first-order valence-corrected chi connectivity index (χ1v) is 5.08. The molecule has 3 nitrogen and oxygen atoms in total. The van der Waals surface area contributed by atoms with Gasteiger partial charge in [0.15, 0.2) is 0 Å². The summed E-state index contributed by atoms with van der Waals surface area (Å²) in [5.74, 6) is 0. The highest BCUT2D eigenvalue weighted by Gasteiger charge is 2.14. The molecule has 0 bridgehead atoms. The van der Waals surface area contributed by atoms with Crippen LogP contribution < -0.4 is 10.6 Å². The van der Waals surface area contributed by atoms with Crippen LogP contribution in [0.5, 0.6) is 0 Å². The minimum atomic E-state index is 0.560. The normalized spacial score (nSPS) is 17.2. The molecule has 1 aromatic heterocycles. The quantitative estimate of drug-likeness (QED) is 0.749. The highest BCUT2D eigenvalue weighted by molar-refractivity contribution is 7.10. The fourth-order valence-electron chi connectivity index (χ4n) is 1.48. The van der Waals surface area contributed by atoms with Gasteiger partial charge in [0.05, 0.1) is 5.69 Å². The van der Waals surface area contributed by atoms with Crippen molar-refractivity contribution in [2.75, 3.05) is 18.0 Å². The Morgan fingerprint density at radius 2 is 2.25 bits per heavy atom. The van der Waals surface area contributed by atoms with Crippen LogP contribution in [-0.4, -0.2) is 17.5 Å². The lowest BCUT2D eigenvalue weighted by Crippen LogP contribution is -2.15. The van der Waals surface area contributed by atoms with Gasteiger partial charge in [-0.05, 0) is 30.4 Å². The Morgan fingerprint density at radius 1 is 1.50 bits per heavy atom. The molecular formula is C8H13N3S. The minimum absolute atomic E-state index is 0.560. The highest BCUT2D eigenvalue weighted by atomic mass is 32.1. The van der Waals surface area contributed by atoms with Crippen LogP contribution in [-0.2, 0) is 6.54 Å². The van der Waals surface area contributed by atoms with Gasteiger partial charge in [-0.1, -0.05) is 0 Å². The predicted molar refractivity (Wildman–Crippen MR) is 51.5 cm³/mol. The topological polar surface area (TPSA) is 42.1 Å². The number of nitrogens with two attached hydrogens (primary N) is 1. The minimum Gasteiger partial charge on any atom is -0.362 e. The van der Waals surface area contributed by atoms with Gasteiger partial charge < -0.3 is 10.6 Å². The van der Waals surface area contributed by atoms with Crippen LogP contribution in [0.2, 0.25) is 0 Å². The van der Waals surface area contributed by atoms with Crippen molar-refractivity contribution in [2.45, 2.75) is 19.4 Å². The third-order valence-electron chi connectivity index (χ3n) is 2.17. The van der Waals surface area contributed by atoms with Gasteiger partial charge in [0, 0.05) is 19.6 Å². The van der Waals surface area contributed by atoms with Crippen molar-refractivity contribution in [3.05, 3.63) is 11.8 Å². The molecule has 0 unspecified atom stereocenters. The van der Waals surface area contributed by atoms with Gasteiger partial charge in [0.2, 0.25) is 0 Å². The SMILES string of the molecule is NCc1cc(N2CCCC2)sn1. The Morgan fingerprint density at radius 3 is 2.83 bits per heavy atom. The van der Waals surface area contributed by atoms with Crippen molar-refractivity contribution in [3.8, 4) is 0 Å². The second kappa shape index (κ2) is 3.41. The maximum Gasteiger partial charge on any atom is 0.112 e. The van der Waals surface area contributed by atoms with E-state index in [1.807, 2.05) is 0 Å². The molecule has 0 spiro atoms. The third-order valence-corrected chi connectivity index (χ3v) is 3.06. The molecule has 2 N–H and O–H groups in total. The van der Waals surface area contributed by atoms with Crippen LogP contribution in [0.4, 0.5) is 5.00 Å². The van der Waals surface area contributed by atoms with E-state index in [1.165, 1.54) is 30.9 Å². The summed E-state index contributed by atoms with van der Waals surface area (Å²) in [6.07, 6.45) is 2.63. The van der Waals surface area contributed by atoms with Crippen molar-refractivity contribution < 1.29 is 0 Å². The van der Waals surface area contributed by atoms with Gasteiger partial charge in [-0.15, -0.1) is 0 Å². The molecule has 0 saturated carbocycles. The summed E-state index contributed by atoms with van der Waals surface area (Å²) in [6.45, 7) is 2.93. The highest BCUT2D eigenvalue weighted by Crippen LogP contribution is 2.24. The Hall–Kier alpha value is -0.610. The monoisotopic (exact) mass is 183 g/mol. The standard InChI is InChI=1S/C8H13N3S/c9-6-7-5-8(12-10-7)11-3-1-2-4-11/h5H,1-4,6,9H2. The third kappa shape index (κ3) is 1.44. The van der Waals surface area contributed by atoms with Crippen LogP contribution in [0.3, 0.4) is 0 Å². The molecule has 2 rings (SSSR count). The number of aromatic nitrogens is 1. The van der Waals surface area contributed by atoms with E-state index in [9.17, 15) is 0 Å². The van der Waals surface area contributed by atoms with Crippen molar-refractivity contribution >= 4 is 16.5 Å². The van der Waals surface area contributed by atoms with Gasteiger partial charge in [0.25, 0.3) is 0 Å². The van der Waals surface area contributed by atoms with Gasteiger partial charge in [-0.3, -0.25) is 0 Å². The van der Waals surface area contributed by atoms with Crippen LogP contribution in [0, 0.1) is 0 Å². The van der Waals surface area contributed by atoms with Gasteiger partial charge in [-0.25, -0.2) is 0 Å². The number of hydrogen-bond donors (Lipinski definition) is 1. The first-order valence-electron chi connectivity index (χ1n) is 4.31. The lowest BCUT2D eigenvalue weighted by Gasteiger charge is -2.12. The zero-order chi connectivity index (χ0) is 8.39. The first kappa shape index (κ1) is 8.01. The summed E-state index contributed by atoms with van der Waals surface area (Å²) < 4.78 is 4.25. The van der Waals surface area contributed by atoms with Crippen LogP contribution in [0.1, 0.15) is 18.5 Å². The van der Waals surface area contributed by atoms with Gasteiger partial charge >= 0.3 is 0 Å². The molecule has 2 heterocycles. The lowest BCUT2D eigenvalue weighted by atomic mass is 10.4. The van der Waals surface area contributed by atoms with E-state index in [-0.39, 0.29) is 0 Å². The largest absolute Gasteiger partial charge is 0.362 e. The average Bonchev–Trinajstić information content (AvgIpc) is 2.75. The molecule has 1 fully saturated rings. The molecule has 0 radical (unpaired) electrons. The van der Waals surface area contributed by atoms with E-state index in [0.717, 1.165) is 5.69 Å². The van der Waals surface area contributed by atoms with Crippen LogP contribution in [0.15, 0.2) is 6.07 Å². The van der Waals surface area contributed by atoms with Gasteiger partial charge in [-0.2, -0.15) is 4.37 Å². The molecule has 66 valence electrons. The molecule has 0 amide bonds. The molecule has 1 aliphatic rings. The molecule has 1 saturated heterocycles. The fraction of sp³-hybridized carbons (Fsp3) is 0.625. The molecule has 0 aliphatic carbocycles. The summed E-state index contributed by atoms with van der Waals surface area (Å²) in [5, 5.41) is 1.29. The maximum absolute atomic E-state index is 5.49. The van der Waals surface area contributed by atoms with Crippen LogP contribution in [0.25, 0.3) is 0 Å². The maximum atomic E-state index is 5.49. The Bertz CT molecular complexity index is 253. The number of nitrogens with zero attached hydrogens (tertiary/aromatic N) is 2. The van der Waals surface area contributed by atoms with Crippen molar-refractivity contribution in [2.24, 2.45) is 5.73 Å². The summed E-state index contributed by atoms with van der Waals surface area (Å²) in [6, 6.07) is 2.11. The summed E-state index contributed by atoms with van der Waals surface area (Å²) in [7, 11) is 0. The molecule has 12 heavy (non-hydrogen) atoms. The predicted octanol–water partition coefficient (Wildman–Crippen LogP) is 1.20. The molecule has 4 heteroatoms. The van der Waals surface area contributed by atoms with E-state index < -0.39 is 0 Å². The van der Waals surface area contributed by atoms with E-state index in [1.54, 1.807) is 11.5 Å². The summed E-state index contributed by atoms with van der Waals surface area (Å²) >= 11 is 1.57. The summed E-state index contributed by atoms with van der Waals surface area (Å²) in [4.78, 5) is 2.39. The summed E-state index contributed by atoms with van der Waals surface area (Å²) in [5.41, 5.74) is 6.50. The van der Waals surface area contributed by atoms with E-state index >= 15 is 0 Å². The van der Waals surface area contributed by atoms with Crippen molar-refractivity contribution in [1.29, 1.82) is 0 Å². The number of rotatable bonds is 2. The Kier molecular flexibility index (Phi) is 2.28. The van der Waals surface area contributed by atoms with E-state index in [2.05, 4.69) is 15.3 Å². The zero-order valence-corrected chi connectivity index (χ0v) is 7.81. The van der Waals surface area contributed by atoms with Crippen molar-refractivity contribution in [3.63, 3.8) is 0 Å². The smallest absolute Gasteiger partial charge is 0.112 e. The molecule has 0 atom stereocenters. The second-order valence-electron chi connectivity index (χ2n) is 3.05. The average molecular weight is 183 g/mol. The second-order valence-corrected chi connectivity index (χ2v) is 3.84. The molecule has 1 aromatic rings. The molecule has 0 aromatic carbocycles. The fourth-order valence-corrected chi connectivity index (χ4v) is 2.31. The van der Waals surface area contributed by atoms with Gasteiger partial charge in [0.1, 0.15) is 5.00 Å². The Labute approximate surface area is 76.4 Å². The number of hydrogen-bond acceptors (Lipinski definition) is 4.